The third kappa shape index (κ3) is 5.11. The summed E-state index contributed by atoms with van der Waals surface area (Å²) in [6.45, 7) is -2.73. The Kier molecular flexibility index (Phi) is 7.48. The molecule has 2 fully saturated rings. The van der Waals surface area contributed by atoms with Gasteiger partial charge in [-0.1, -0.05) is 0 Å². The zero-order valence-corrected chi connectivity index (χ0v) is 21.0. The first-order valence-corrected chi connectivity index (χ1v) is 12.2. The Balaban J connectivity index is 1.50. The van der Waals surface area contributed by atoms with Crippen LogP contribution in [0.4, 0.5) is 23.2 Å². The second-order valence-electron chi connectivity index (χ2n) is 9.21. The van der Waals surface area contributed by atoms with Gasteiger partial charge in [0.15, 0.2) is 0 Å². The lowest BCUT2D eigenvalue weighted by atomic mass is 9.92. The normalized spacial score (nSPS) is 19.1. The average Bonchev–Trinajstić information content (AvgIpc) is 3.19. The lowest BCUT2D eigenvalue weighted by molar-refractivity contribution is -0.118. The van der Waals surface area contributed by atoms with Crippen molar-refractivity contribution in [2.24, 2.45) is 0 Å². The summed E-state index contributed by atoms with van der Waals surface area (Å²) in [6.07, 6.45) is 1.56. The third-order valence-electron chi connectivity index (χ3n) is 6.86. The van der Waals surface area contributed by atoms with Crippen LogP contribution in [-0.2, 0) is 9.53 Å². The van der Waals surface area contributed by atoms with Crippen LogP contribution in [0.25, 0.3) is 0 Å². The molecular formula is C27H23F4N3O6. The summed E-state index contributed by atoms with van der Waals surface area (Å²) < 4.78 is 71.0. The third-order valence-corrected chi connectivity index (χ3v) is 6.86. The zero-order valence-electron chi connectivity index (χ0n) is 21.0. The number of carbonyl (C=O) groups is 2. The number of aromatic nitrogens is 1. The van der Waals surface area contributed by atoms with E-state index in [1.807, 2.05) is 0 Å². The Morgan fingerprint density at radius 2 is 1.73 bits per heavy atom. The van der Waals surface area contributed by atoms with E-state index in [0.717, 1.165) is 29.2 Å². The summed E-state index contributed by atoms with van der Waals surface area (Å²) in [6, 6.07) is 7.89. The van der Waals surface area contributed by atoms with Gasteiger partial charge in [0, 0.05) is 41.9 Å². The van der Waals surface area contributed by atoms with Crippen LogP contribution in [0.3, 0.4) is 0 Å². The highest BCUT2D eigenvalue weighted by atomic mass is 19.3. The van der Waals surface area contributed by atoms with Crippen molar-refractivity contribution in [3.63, 3.8) is 0 Å². The molecule has 3 heterocycles. The molecule has 0 radical (unpaired) electrons. The lowest BCUT2D eigenvalue weighted by Crippen LogP contribution is -2.45. The molecule has 1 N–H and O–H groups in total. The fourth-order valence-corrected chi connectivity index (χ4v) is 4.79. The van der Waals surface area contributed by atoms with Gasteiger partial charge in [-0.15, -0.1) is 0 Å². The first-order chi connectivity index (χ1) is 19.2. The van der Waals surface area contributed by atoms with E-state index in [4.69, 9.17) is 9.47 Å². The van der Waals surface area contributed by atoms with Crippen LogP contribution in [0, 0.1) is 11.6 Å². The van der Waals surface area contributed by atoms with Crippen molar-refractivity contribution in [1.29, 1.82) is 0 Å². The number of rotatable bonds is 8. The molecule has 5 rings (SSSR count). The maximum Gasteiger partial charge on any atom is 0.387 e. The molecule has 2 aliphatic heterocycles. The number of methoxy groups -OCH3 is 1. The molecule has 2 aromatic carbocycles. The van der Waals surface area contributed by atoms with Crippen LogP contribution < -0.4 is 25.2 Å². The zero-order chi connectivity index (χ0) is 28.6. The lowest BCUT2D eigenvalue weighted by Gasteiger charge is -2.29. The number of alkyl halides is 2. The number of pyridine rings is 1. The van der Waals surface area contributed by atoms with Gasteiger partial charge in [-0.05, 0) is 36.4 Å². The molecule has 1 aromatic heterocycles. The molecule has 0 saturated carbocycles. The number of carbonyl (C=O) groups excluding carboxylic acids is 2. The Hall–Kier alpha value is -4.39. The molecular weight excluding hydrogens is 538 g/mol. The molecule has 13 heteroatoms. The van der Waals surface area contributed by atoms with E-state index in [9.17, 15) is 23.2 Å². The van der Waals surface area contributed by atoms with E-state index < -0.39 is 53.1 Å². The fourth-order valence-electron chi connectivity index (χ4n) is 4.79. The fraction of sp³-hybridized carbons (Fsp3) is 0.296. The van der Waals surface area contributed by atoms with Crippen molar-refractivity contribution < 1.29 is 41.4 Å². The van der Waals surface area contributed by atoms with Gasteiger partial charge in [0.2, 0.25) is 5.91 Å². The summed E-state index contributed by atoms with van der Waals surface area (Å²) in [7, 11) is 1.24. The number of hydrogen-bond acceptors (Lipinski definition) is 6. The largest absolute Gasteiger partial charge is 0.497 e. The van der Waals surface area contributed by atoms with Crippen LogP contribution in [0.5, 0.6) is 11.5 Å². The van der Waals surface area contributed by atoms with Gasteiger partial charge in [0.1, 0.15) is 34.9 Å². The maximum absolute atomic E-state index is 15.2. The Labute approximate surface area is 224 Å². The van der Waals surface area contributed by atoms with Gasteiger partial charge in [-0.3, -0.25) is 14.4 Å². The van der Waals surface area contributed by atoms with Crippen molar-refractivity contribution >= 4 is 17.5 Å². The first kappa shape index (κ1) is 27.2. The van der Waals surface area contributed by atoms with Crippen molar-refractivity contribution in [3.8, 4) is 11.5 Å². The topological polar surface area (TPSA) is 99.1 Å². The number of benzene rings is 2. The van der Waals surface area contributed by atoms with Gasteiger partial charge >= 0.3 is 6.61 Å². The van der Waals surface area contributed by atoms with Crippen molar-refractivity contribution in [3.05, 3.63) is 87.8 Å². The Bertz CT molecular complexity index is 1470. The monoisotopic (exact) mass is 561 g/mol. The highest BCUT2D eigenvalue weighted by Crippen LogP contribution is 2.36. The molecule has 0 spiro atoms. The molecule has 0 bridgehead atoms. The van der Waals surface area contributed by atoms with Crippen molar-refractivity contribution in [1.82, 2.24) is 9.88 Å². The van der Waals surface area contributed by atoms with E-state index in [-0.39, 0.29) is 35.3 Å². The Morgan fingerprint density at radius 1 is 1.05 bits per heavy atom. The number of halogens is 4. The van der Waals surface area contributed by atoms with Crippen molar-refractivity contribution in [2.75, 3.05) is 31.8 Å². The number of nitrogens with zero attached hydrogens (tertiary/aromatic N) is 2. The summed E-state index contributed by atoms with van der Waals surface area (Å²) in [5.74, 6) is -5.07. The molecule has 40 heavy (non-hydrogen) atoms. The van der Waals surface area contributed by atoms with Crippen LogP contribution in [-0.4, -0.2) is 55.9 Å². The van der Waals surface area contributed by atoms with Gasteiger partial charge < -0.3 is 29.0 Å². The minimum absolute atomic E-state index is 0.0191. The number of anilines is 1. The molecule has 2 amide bonds. The van der Waals surface area contributed by atoms with Crippen molar-refractivity contribution in [2.45, 2.75) is 24.6 Å². The molecule has 2 aliphatic rings. The van der Waals surface area contributed by atoms with Gasteiger partial charge in [-0.2, -0.15) is 8.78 Å². The highest BCUT2D eigenvalue weighted by Gasteiger charge is 2.46. The minimum Gasteiger partial charge on any atom is -0.497 e. The molecule has 2 atom stereocenters. The minimum atomic E-state index is -3.06. The quantitative estimate of drug-likeness (QED) is 0.424. The average molecular weight is 561 g/mol. The molecule has 0 aliphatic carbocycles. The SMILES string of the molecule is COc1cc(F)c([C@@H]2CN(c3cccn(C4COC4)c3=O)C(=O)[C@H]2NC(=O)c2ccc(OC(F)F)cc2)c(F)c1. The van der Waals surface area contributed by atoms with Gasteiger partial charge in [-0.25, -0.2) is 8.78 Å². The van der Waals surface area contributed by atoms with E-state index in [1.165, 1.54) is 29.9 Å². The summed E-state index contributed by atoms with van der Waals surface area (Å²) in [5, 5.41) is 2.50. The second kappa shape index (κ2) is 11.0. The van der Waals surface area contributed by atoms with E-state index >= 15 is 8.78 Å². The molecule has 9 nitrogen and oxygen atoms in total. The molecule has 3 aromatic rings. The number of ether oxygens (including phenoxy) is 3. The Morgan fingerprint density at radius 3 is 2.30 bits per heavy atom. The summed E-state index contributed by atoms with van der Waals surface area (Å²) >= 11 is 0. The number of nitrogens with one attached hydrogen (secondary N) is 1. The van der Waals surface area contributed by atoms with E-state index in [1.54, 1.807) is 12.3 Å². The molecule has 2 saturated heterocycles. The van der Waals surface area contributed by atoms with Crippen LogP contribution in [0.15, 0.2) is 59.5 Å². The first-order valence-electron chi connectivity index (χ1n) is 12.2. The standard InChI is InChI=1S/C27H23F4N3O6/c1-38-17-9-19(28)22(20(29)10-17)18-11-34(21-3-2-8-33(25(21)36)15-12-39-13-15)26(37)23(18)32-24(35)14-4-6-16(7-5-14)40-27(30)31/h2-10,15,18,23,27H,11-13H2,1H3,(H,32,35)/t18-,23-/m0/s1. The van der Waals surface area contributed by atoms with Gasteiger partial charge in [0.05, 0.1) is 26.4 Å². The highest BCUT2D eigenvalue weighted by molar-refractivity contribution is 6.05. The predicted molar refractivity (Wildman–Crippen MR) is 133 cm³/mol. The van der Waals surface area contributed by atoms with Gasteiger partial charge in [0.25, 0.3) is 11.5 Å². The van der Waals surface area contributed by atoms with E-state index in [2.05, 4.69) is 10.1 Å². The van der Waals surface area contributed by atoms with Crippen LogP contribution >= 0.6 is 0 Å². The molecule has 0 unspecified atom stereocenters. The smallest absolute Gasteiger partial charge is 0.387 e. The van der Waals surface area contributed by atoms with E-state index in [0.29, 0.717) is 13.2 Å². The molecule has 210 valence electrons. The number of amides is 2. The predicted octanol–water partition coefficient (Wildman–Crippen LogP) is 3.24. The second-order valence-corrected chi connectivity index (χ2v) is 9.21. The van der Waals surface area contributed by atoms with Crippen LogP contribution in [0.2, 0.25) is 0 Å². The number of hydrogen-bond donors (Lipinski definition) is 1. The van der Waals surface area contributed by atoms with Crippen LogP contribution in [0.1, 0.15) is 27.9 Å². The maximum atomic E-state index is 15.2. The summed E-state index contributed by atoms with van der Waals surface area (Å²) in [5.41, 5.74) is -1.01. The summed E-state index contributed by atoms with van der Waals surface area (Å²) in [4.78, 5) is 41.1.